The van der Waals surface area contributed by atoms with E-state index in [1.165, 1.54) is 6.07 Å². The topological polar surface area (TPSA) is 63.6 Å². The fourth-order valence-electron chi connectivity index (χ4n) is 1.12. The Bertz CT molecular complexity index is 465. The van der Waals surface area contributed by atoms with E-state index in [0.717, 1.165) is 6.08 Å². The summed E-state index contributed by atoms with van der Waals surface area (Å²) in [7, 11) is 0. The number of carbonyl (C=O) groups excluding carboxylic acids is 2. The SMILES string of the molecule is CCOC(=O)C(=O)C=C(O)c1cccc(Cl)c1. The van der Waals surface area contributed by atoms with Gasteiger partial charge >= 0.3 is 5.97 Å². The van der Waals surface area contributed by atoms with Crippen LogP contribution in [0, 0.1) is 0 Å². The first-order valence-corrected chi connectivity index (χ1v) is 5.30. The first kappa shape index (κ1) is 13.3. The Kier molecular flexibility index (Phi) is 4.72. The van der Waals surface area contributed by atoms with Gasteiger partial charge in [0.05, 0.1) is 6.61 Å². The third kappa shape index (κ3) is 3.92. The van der Waals surface area contributed by atoms with Gasteiger partial charge in [-0.3, -0.25) is 4.79 Å². The number of rotatable bonds is 4. The van der Waals surface area contributed by atoms with Crippen molar-refractivity contribution in [3.05, 3.63) is 40.9 Å². The molecule has 1 rings (SSSR count). The van der Waals surface area contributed by atoms with Gasteiger partial charge in [-0.1, -0.05) is 23.7 Å². The largest absolute Gasteiger partial charge is 0.507 e. The monoisotopic (exact) mass is 254 g/mol. The quantitative estimate of drug-likeness (QED) is 0.388. The molecule has 0 aliphatic carbocycles. The van der Waals surface area contributed by atoms with Gasteiger partial charge in [-0.05, 0) is 19.1 Å². The molecule has 1 aromatic rings. The van der Waals surface area contributed by atoms with Crippen molar-refractivity contribution < 1.29 is 19.4 Å². The summed E-state index contributed by atoms with van der Waals surface area (Å²) >= 11 is 5.72. The van der Waals surface area contributed by atoms with Crippen molar-refractivity contribution in [3.8, 4) is 0 Å². The molecular weight excluding hydrogens is 244 g/mol. The second-order valence-electron chi connectivity index (χ2n) is 3.12. The normalized spacial score (nSPS) is 11.1. The van der Waals surface area contributed by atoms with Gasteiger partial charge in [-0.15, -0.1) is 0 Å². The Balaban J connectivity index is 2.86. The Hall–Kier alpha value is -1.81. The molecule has 4 nitrogen and oxygen atoms in total. The molecule has 17 heavy (non-hydrogen) atoms. The van der Waals surface area contributed by atoms with Crippen molar-refractivity contribution in [1.82, 2.24) is 0 Å². The second-order valence-corrected chi connectivity index (χ2v) is 3.56. The predicted molar refractivity (Wildman–Crippen MR) is 63.7 cm³/mol. The fraction of sp³-hybridized carbons (Fsp3) is 0.167. The zero-order valence-corrected chi connectivity index (χ0v) is 9.90. The van der Waals surface area contributed by atoms with E-state index in [0.29, 0.717) is 10.6 Å². The standard InChI is InChI=1S/C12H11ClO4/c1-2-17-12(16)11(15)7-10(14)8-4-3-5-9(13)6-8/h3-7,14H,2H2,1H3. The van der Waals surface area contributed by atoms with Gasteiger partial charge < -0.3 is 9.84 Å². The van der Waals surface area contributed by atoms with Crippen molar-refractivity contribution in [2.75, 3.05) is 6.61 Å². The number of halogens is 1. The minimum absolute atomic E-state index is 0.107. The first-order chi connectivity index (χ1) is 8.04. The number of aliphatic hydroxyl groups excluding tert-OH is 1. The summed E-state index contributed by atoms with van der Waals surface area (Å²) in [6.07, 6.45) is 0.809. The molecule has 0 saturated carbocycles. The van der Waals surface area contributed by atoms with Crippen LogP contribution >= 0.6 is 11.6 Å². The van der Waals surface area contributed by atoms with Gasteiger partial charge in [0, 0.05) is 16.7 Å². The smallest absolute Gasteiger partial charge is 0.379 e. The van der Waals surface area contributed by atoms with Crippen molar-refractivity contribution in [1.29, 1.82) is 0 Å². The average Bonchev–Trinajstić information content (AvgIpc) is 2.29. The molecule has 0 aromatic heterocycles. The zero-order chi connectivity index (χ0) is 12.8. The molecule has 0 amide bonds. The lowest BCUT2D eigenvalue weighted by Gasteiger charge is -2.01. The van der Waals surface area contributed by atoms with Crippen LogP contribution in [-0.4, -0.2) is 23.5 Å². The number of hydrogen-bond donors (Lipinski definition) is 1. The minimum Gasteiger partial charge on any atom is -0.507 e. The molecule has 0 saturated heterocycles. The molecule has 0 aliphatic heterocycles. The van der Waals surface area contributed by atoms with Crippen LogP contribution in [-0.2, 0) is 14.3 Å². The molecule has 0 radical (unpaired) electrons. The van der Waals surface area contributed by atoms with Crippen molar-refractivity contribution in [2.24, 2.45) is 0 Å². The van der Waals surface area contributed by atoms with Gasteiger partial charge in [0.25, 0.3) is 5.78 Å². The van der Waals surface area contributed by atoms with Crippen LogP contribution in [0.25, 0.3) is 5.76 Å². The first-order valence-electron chi connectivity index (χ1n) is 4.92. The Morgan fingerprint density at radius 1 is 1.47 bits per heavy atom. The zero-order valence-electron chi connectivity index (χ0n) is 9.14. The number of esters is 1. The summed E-state index contributed by atoms with van der Waals surface area (Å²) in [5.41, 5.74) is 0.357. The molecule has 90 valence electrons. The van der Waals surface area contributed by atoms with E-state index >= 15 is 0 Å². The lowest BCUT2D eigenvalue weighted by Crippen LogP contribution is -2.15. The van der Waals surface area contributed by atoms with Gasteiger partial charge in [-0.25, -0.2) is 4.79 Å². The molecule has 0 fully saturated rings. The minimum atomic E-state index is -0.999. The molecule has 0 aliphatic rings. The predicted octanol–water partition coefficient (Wildman–Crippen LogP) is 2.37. The fourth-order valence-corrected chi connectivity index (χ4v) is 1.31. The molecule has 1 aromatic carbocycles. The van der Waals surface area contributed by atoms with Gasteiger partial charge in [0.1, 0.15) is 5.76 Å². The van der Waals surface area contributed by atoms with Crippen LogP contribution < -0.4 is 0 Å². The summed E-state index contributed by atoms with van der Waals surface area (Å²) in [4.78, 5) is 22.3. The third-order valence-electron chi connectivity index (χ3n) is 1.86. The van der Waals surface area contributed by atoms with E-state index < -0.39 is 11.8 Å². The molecular formula is C12H11ClO4. The number of carbonyl (C=O) groups is 2. The number of benzene rings is 1. The van der Waals surface area contributed by atoms with Crippen LogP contribution in [0.4, 0.5) is 0 Å². The third-order valence-corrected chi connectivity index (χ3v) is 2.10. The maximum absolute atomic E-state index is 11.3. The summed E-state index contributed by atoms with van der Waals surface area (Å²) in [5.74, 6) is -2.24. The Morgan fingerprint density at radius 2 is 2.18 bits per heavy atom. The van der Waals surface area contributed by atoms with E-state index in [-0.39, 0.29) is 12.4 Å². The lowest BCUT2D eigenvalue weighted by molar-refractivity contribution is -0.151. The van der Waals surface area contributed by atoms with Crippen molar-refractivity contribution >= 4 is 29.1 Å². The second kappa shape index (κ2) is 6.06. The highest BCUT2D eigenvalue weighted by atomic mass is 35.5. The summed E-state index contributed by atoms with van der Waals surface area (Å²) in [6, 6.07) is 6.30. The van der Waals surface area contributed by atoms with Crippen molar-refractivity contribution in [3.63, 3.8) is 0 Å². The van der Waals surface area contributed by atoms with E-state index in [1.54, 1.807) is 25.1 Å². The molecule has 1 N–H and O–H groups in total. The van der Waals surface area contributed by atoms with Crippen LogP contribution in [0.2, 0.25) is 5.02 Å². The van der Waals surface area contributed by atoms with Crippen molar-refractivity contribution in [2.45, 2.75) is 6.92 Å². The van der Waals surface area contributed by atoms with Crippen LogP contribution in [0.15, 0.2) is 30.3 Å². The Labute approximate surface area is 103 Å². The molecule has 0 atom stereocenters. The van der Waals surface area contributed by atoms with E-state index in [1.807, 2.05) is 0 Å². The molecule has 5 heteroatoms. The van der Waals surface area contributed by atoms with E-state index in [9.17, 15) is 14.7 Å². The highest BCUT2D eigenvalue weighted by Gasteiger charge is 2.13. The van der Waals surface area contributed by atoms with Crippen LogP contribution in [0.1, 0.15) is 12.5 Å². The molecule has 0 heterocycles. The van der Waals surface area contributed by atoms with E-state index in [4.69, 9.17) is 11.6 Å². The Morgan fingerprint density at radius 3 is 2.76 bits per heavy atom. The number of ketones is 1. The highest BCUT2D eigenvalue weighted by Crippen LogP contribution is 2.16. The number of ether oxygens (including phenoxy) is 1. The number of aliphatic hydroxyl groups is 1. The van der Waals surface area contributed by atoms with Gasteiger partial charge in [-0.2, -0.15) is 0 Å². The lowest BCUT2D eigenvalue weighted by atomic mass is 10.1. The van der Waals surface area contributed by atoms with Crippen LogP contribution in [0.3, 0.4) is 0 Å². The van der Waals surface area contributed by atoms with Crippen LogP contribution in [0.5, 0.6) is 0 Å². The molecule has 0 unspecified atom stereocenters. The average molecular weight is 255 g/mol. The van der Waals surface area contributed by atoms with E-state index in [2.05, 4.69) is 4.74 Å². The molecule has 0 bridgehead atoms. The maximum Gasteiger partial charge on any atom is 0.379 e. The summed E-state index contributed by atoms with van der Waals surface area (Å²) in [6.45, 7) is 1.70. The summed E-state index contributed by atoms with van der Waals surface area (Å²) in [5, 5.41) is 10.0. The van der Waals surface area contributed by atoms with Gasteiger partial charge in [0.15, 0.2) is 0 Å². The maximum atomic E-state index is 11.3. The number of hydrogen-bond acceptors (Lipinski definition) is 4. The van der Waals surface area contributed by atoms with Gasteiger partial charge in [0.2, 0.25) is 0 Å². The highest BCUT2D eigenvalue weighted by molar-refractivity contribution is 6.39. The summed E-state index contributed by atoms with van der Waals surface area (Å²) < 4.78 is 4.49. The molecule has 0 spiro atoms.